The highest BCUT2D eigenvalue weighted by atomic mass is 32.2. The molecule has 0 saturated heterocycles. The van der Waals surface area contributed by atoms with Crippen LogP contribution in [0.3, 0.4) is 0 Å². The molecule has 2 fully saturated rings. The molecular weight excluding hydrogens is 312 g/mol. The van der Waals surface area contributed by atoms with Crippen molar-refractivity contribution in [3.05, 3.63) is 0 Å². The summed E-state index contributed by atoms with van der Waals surface area (Å²) in [5, 5.41) is 3.09. The number of rotatable bonds is 6. The molecule has 2 rings (SSSR count). The largest absolute Gasteiger partial charge is 0.176 e. The molecule has 0 heterocycles. The number of thioether (sulfide) groups is 1. The lowest BCUT2D eigenvalue weighted by Crippen LogP contribution is -2.23. The molecule has 0 aromatic heterocycles. The molecule has 0 aromatic rings. The first-order valence-corrected chi connectivity index (χ1v) is 11.0. The van der Waals surface area contributed by atoms with Crippen molar-refractivity contribution in [1.82, 2.24) is 0 Å². The highest BCUT2D eigenvalue weighted by Crippen LogP contribution is 2.41. The summed E-state index contributed by atoms with van der Waals surface area (Å²) in [6, 6.07) is 0. The Kier molecular flexibility index (Phi) is 8.21. The third-order valence-electron chi connectivity index (χ3n) is 5.32. The fraction of sp³-hybridized carbons (Fsp3) is 1.00. The molecular formula is C18H34S3. The molecule has 3 heteroatoms. The van der Waals surface area contributed by atoms with E-state index in [2.05, 4.69) is 50.9 Å². The molecule has 2 aliphatic rings. The van der Waals surface area contributed by atoms with E-state index in [1.807, 2.05) is 0 Å². The van der Waals surface area contributed by atoms with Gasteiger partial charge in [-0.2, -0.15) is 37.0 Å². The maximum absolute atomic E-state index is 4.56. The highest BCUT2D eigenvalue weighted by Gasteiger charge is 2.27. The van der Waals surface area contributed by atoms with Crippen molar-refractivity contribution in [3.8, 4) is 0 Å². The fourth-order valence-corrected chi connectivity index (χ4v) is 6.47. The van der Waals surface area contributed by atoms with E-state index in [0.717, 1.165) is 22.3 Å². The van der Waals surface area contributed by atoms with Crippen LogP contribution in [0.5, 0.6) is 0 Å². The molecule has 0 bridgehead atoms. The van der Waals surface area contributed by atoms with Gasteiger partial charge in [0.1, 0.15) is 0 Å². The van der Waals surface area contributed by atoms with Crippen molar-refractivity contribution in [3.63, 3.8) is 0 Å². The maximum Gasteiger partial charge on any atom is 0.00500 e. The van der Waals surface area contributed by atoms with Crippen molar-refractivity contribution < 1.29 is 0 Å². The molecule has 0 spiro atoms. The summed E-state index contributed by atoms with van der Waals surface area (Å²) in [6.45, 7) is 4.49. The molecule has 0 aliphatic heterocycles. The topological polar surface area (TPSA) is 0 Å². The van der Waals surface area contributed by atoms with Crippen molar-refractivity contribution >= 4 is 37.0 Å². The molecule has 2 saturated carbocycles. The lowest BCUT2D eigenvalue weighted by Gasteiger charge is -2.34. The minimum absolute atomic E-state index is 0.587. The van der Waals surface area contributed by atoms with E-state index in [9.17, 15) is 0 Å². The summed E-state index contributed by atoms with van der Waals surface area (Å²) in [6.07, 6.45) is 14.3. The smallest absolute Gasteiger partial charge is 0.00500 e. The lowest BCUT2D eigenvalue weighted by atomic mass is 9.85. The van der Waals surface area contributed by atoms with Gasteiger partial charge in [-0.1, -0.05) is 13.8 Å². The zero-order valence-corrected chi connectivity index (χ0v) is 16.4. The van der Waals surface area contributed by atoms with Gasteiger partial charge in [-0.15, -0.1) is 0 Å². The quantitative estimate of drug-likeness (QED) is 0.536. The molecule has 0 amide bonds. The third-order valence-corrected chi connectivity index (χ3v) is 7.46. The van der Waals surface area contributed by atoms with Crippen LogP contribution in [0.15, 0.2) is 0 Å². The van der Waals surface area contributed by atoms with Crippen molar-refractivity contribution in [2.45, 2.75) is 99.1 Å². The zero-order chi connectivity index (χ0) is 15.2. The van der Waals surface area contributed by atoms with Crippen LogP contribution in [0.4, 0.5) is 0 Å². The molecule has 0 aromatic carbocycles. The summed E-state index contributed by atoms with van der Waals surface area (Å²) in [5.41, 5.74) is 0. The molecule has 2 atom stereocenters. The summed E-state index contributed by atoms with van der Waals surface area (Å²) >= 11 is 11.5. The van der Waals surface area contributed by atoms with E-state index < -0.39 is 0 Å². The van der Waals surface area contributed by atoms with E-state index in [1.54, 1.807) is 0 Å². The lowest BCUT2D eigenvalue weighted by molar-refractivity contribution is 0.336. The van der Waals surface area contributed by atoms with Crippen LogP contribution in [0.1, 0.15) is 78.1 Å². The monoisotopic (exact) mass is 346 g/mol. The van der Waals surface area contributed by atoms with Crippen LogP contribution in [0.2, 0.25) is 0 Å². The minimum Gasteiger partial charge on any atom is -0.176 e. The standard InChI is InChI=1S/C18H34S3/c1-13(19)11-15-3-7-17(8-4-15)21-18-9-5-16(6-10-18)12-14(2)20/h13-20H,3-12H2,1-2H3. The molecule has 2 unspecified atom stereocenters. The van der Waals surface area contributed by atoms with E-state index in [-0.39, 0.29) is 0 Å². The van der Waals surface area contributed by atoms with Crippen LogP contribution in [-0.4, -0.2) is 21.0 Å². The minimum atomic E-state index is 0.587. The van der Waals surface area contributed by atoms with Gasteiger partial charge in [0.2, 0.25) is 0 Å². The molecule has 0 N–H and O–H groups in total. The van der Waals surface area contributed by atoms with Crippen molar-refractivity contribution in [1.29, 1.82) is 0 Å². The molecule has 124 valence electrons. The number of hydrogen-bond acceptors (Lipinski definition) is 3. The average Bonchev–Trinajstić information content (AvgIpc) is 2.42. The Morgan fingerprint density at radius 3 is 1.33 bits per heavy atom. The molecule has 0 radical (unpaired) electrons. The van der Waals surface area contributed by atoms with Crippen LogP contribution in [0.25, 0.3) is 0 Å². The predicted octanol–water partition coefficient (Wildman–Crippen LogP) is 6.25. The Morgan fingerprint density at radius 1 is 0.714 bits per heavy atom. The Balaban J connectivity index is 1.61. The van der Waals surface area contributed by atoms with E-state index in [4.69, 9.17) is 0 Å². The average molecular weight is 347 g/mol. The highest BCUT2D eigenvalue weighted by molar-refractivity contribution is 8.00. The van der Waals surface area contributed by atoms with E-state index >= 15 is 0 Å². The fourth-order valence-electron chi connectivity index (χ4n) is 4.24. The third kappa shape index (κ3) is 6.99. The van der Waals surface area contributed by atoms with Crippen LogP contribution in [0, 0.1) is 11.8 Å². The van der Waals surface area contributed by atoms with Gasteiger partial charge in [0.15, 0.2) is 0 Å². The van der Waals surface area contributed by atoms with Gasteiger partial charge in [0.05, 0.1) is 0 Å². The molecule has 2 aliphatic carbocycles. The molecule has 21 heavy (non-hydrogen) atoms. The first-order chi connectivity index (χ1) is 10.0. The summed E-state index contributed by atoms with van der Waals surface area (Å²) in [5.74, 6) is 1.92. The van der Waals surface area contributed by atoms with Crippen LogP contribution in [-0.2, 0) is 0 Å². The summed E-state index contributed by atoms with van der Waals surface area (Å²) < 4.78 is 0. The second-order valence-corrected chi connectivity index (χ2v) is 11.0. The number of hydrogen-bond donors (Lipinski definition) is 2. The van der Waals surface area contributed by atoms with Crippen LogP contribution >= 0.6 is 37.0 Å². The second-order valence-electron chi connectivity index (χ2n) is 7.59. The Hall–Kier alpha value is 1.05. The zero-order valence-electron chi connectivity index (χ0n) is 13.8. The number of thiol groups is 2. The SMILES string of the molecule is CC(S)CC1CCC(SC2CCC(CC(C)S)CC2)CC1. The van der Waals surface area contributed by atoms with Gasteiger partial charge < -0.3 is 0 Å². The summed E-state index contributed by atoms with van der Waals surface area (Å²) in [7, 11) is 0. The Bertz CT molecular complexity index is 246. The summed E-state index contributed by atoms with van der Waals surface area (Å²) in [4.78, 5) is 0. The Labute approximate surface area is 147 Å². The van der Waals surface area contributed by atoms with Gasteiger partial charge in [-0.3, -0.25) is 0 Å². The molecule has 0 nitrogen and oxygen atoms in total. The van der Waals surface area contributed by atoms with E-state index in [0.29, 0.717) is 10.5 Å². The van der Waals surface area contributed by atoms with Gasteiger partial charge in [-0.25, -0.2) is 0 Å². The van der Waals surface area contributed by atoms with Gasteiger partial charge in [0.25, 0.3) is 0 Å². The first kappa shape index (κ1) is 18.4. The van der Waals surface area contributed by atoms with Crippen molar-refractivity contribution in [2.24, 2.45) is 11.8 Å². The normalized spacial score (nSPS) is 37.1. The van der Waals surface area contributed by atoms with E-state index in [1.165, 1.54) is 64.2 Å². The predicted molar refractivity (Wildman–Crippen MR) is 105 cm³/mol. The Morgan fingerprint density at radius 2 is 1.05 bits per heavy atom. The van der Waals surface area contributed by atoms with Crippen LogP contribution < -0.4 is 0 Å². The van der Waals surface area contributed by atoms with Gasteiger partial charge in [-0.05, 0) is 86.5 Å². The first-order valence-electron chi connectivity index (χ1n) is 9.04. The van der Waals surface area contributed by atoms with Gasteiger partial charge >= 0.3 is 0 Å². The van der Waals surface area contributed by atoms with Crippen molar-refractivity contribution in [2.75, 3.05) is 0 Å². The second kappa shape index (κ2) is 9.37. The van der Waals surface area contributed by atoms with Gasteiger partial charge in [0, 0.05) is 10.5 Å². The maximum atomic E-state index is 4.56.